The predicted octanol–water partition coefficient (Wildman–Crippen LogP) is 15.5. The number of fused-ring (bicyclic) bond motifs is 13. The average Bonchev–Trinajstić information content (AvgIpc) is 3.67. The van der Waals surface area contributed by atoms with E-state index < -0.39 is 0 Å². The summed E-state index contributed by atoms with van der Waals surface area (Å²) in [7, 11) is 0. The monoisotopic (exact) mass is 696 g/mol. The van der Waals surface area contributed by atoms with Crippen molar-refractivity contribution in [2.45, 2.75) is 0 Å². The summed E-state index contributed by atoms with van der Waals surface area (Å²) in [5, 5.41) is 17.1. The SMILES string of the molecule is c1cc(-c2c3ccccc3c(-c3ccc4ccccc4c3)c3ccccc23)cc(-c2cc3ccccc3c3c2oc2c4ccccc4c4ccccc4c23)c1. The van der Waals surface area contributed by atoms with Crippen molar-refractivity contribution in [3.8, 4) is 33.4 Å². The Labute approximate surface area is 317 Å². The summed E-state index contributed by atoms with van der Waals surface area (Å²) in [5.74, 6) is 0. The molecule has 1 heteroatoms. The number of hydrogen-bond donors (Lipinski definition) is 0. The standard InChI is InChI=1S/C54H32O/c1-2-15-34-30-38(29-28-33(34)14-1)50-45-25-10-8-23-43(45)49(44-24-9-11-26-46(44)50)37-18-13-17-35(31-37)48-32-36-16-3-4-19-39(36)51-52-42-22-7-5-20-40(42)41-21-6-12-27-47(41)53(52)55-54(48)51/h1-32H. The van der Waals surface area contributed by atoms with Crippen molar-refractivity contribution in [2.75, 3.05) is 0 Å². The van der Waals surface area contributed by atoms with E-state index in [1.807, 2.05) is 0 Å². The summed E-state index contributed by atoms with van der Waals surface area (Å²) in [6, 6.07) is 70.9. The highest BCUT2D eigenvalue weighted by Crippen LogP contribution is 2.48. The molecule has 0 atom stereocenters. The molecule has 12 aromatic rings. The summed E-state index contributed by atoms with van der Waals surface area (Å²) in [6.07, 6.45) is 0. The van der Waals surface area contributed by atoms with E-state index >= 15 is 0 Å². The van der Waals surface area contributed by atoms with Gasteiger partial charge in [-0.2, -0.15) is 0 Å². The molecule has 0 radical (unpaired) electrons. The average molecular weight is 697 g/mol. The van der Waals surface area contributed by atoms with Gasteiger partial charge in [0, 0.05) is 21.7 Å². The number of furan rings is 1. The molecule has 0 bridgehead atoms. The van der Waals surface area contributed by atoms with Gasteiger partial charge in [0.15, 0.2) is 0 Å². The topological polar surface area (TPSA) is 13.1 Å². The summed E-state index contributed by atoms with van der Waals surface area (Å²) in [6.45, 7) is 0. The van der Waals surface area contributed by atoms with Gasteiger partial charge in [-0.1, -0.05) is 176 Å². The normalized spacial score (nSPS) is 12.0. The lowest BCUT2D eigenvalue weighted by atomic mass is 9.85. The van der Waals surface area contributed by atoms with Crippen LogP contribution >= 0.6 is 0 Å². The van der Waals surface area contributed by atoms with Gasteiger partial charge < -0.3 is 4.42 Å². The second kappa shape index (κ2) is 11.6. The fourth-order valence-electron chi connectivity index (χ4n) is 9.40. The number of benzene rings is 11. The Bertz CT molecular complexity index is 3490. The minimum Gasteiger partial charge on any atom is -0.455 e. The second-order valence-corrected chi connectivity index (χ2v) is 14.7. The Hall–Kier alpha value is -7.22. The van der Waals surface area contributed by atoms with Crippen LogP contribution in [0.25, 0.3) is 120 Å². The number of rotatable bonds is 3. The third-order valence-corrected chi connectivity index (χ3v) is 11.8. The lowest BCUT2D eigenvalue weighted by Crippen LogP contribution is -1.91. The lowest BCUT2D eigenvalue weighted by Gasteiger charge is -2.18. The Morgan fingerprint density at radius 3 is 1.40 bits per heavy atom. The van der Waals surface area contributed by atoms with Crippen LogP contribution in [0.4, 0.5) is 0 Å². The molecule has 0 saturated carbocycles. The molecule has 1 aromatic heterocycles. The third kappa shape index (κ3) is 4.41. The Kier molecular flexibility index (Phi) is 6.40. The second-order valence-electron chi connectivity index (χ2n) is 14.7. The predicted molar refractivity (Wildman–Crippen MR) is 235 cm³/mol. The van der Waals surface area contributed by atoms with Crippen LogP contribution in [0.3, 0.4) is 0 Å². The molecule has 0 saturated heterocycles. The van der Waals surface area contributed by atoms with E-state index in [-0.39, 0.29) is 0 Å². The lowest BCUT2D eigenvalue weighted by molar-refractivity contribution is 0.674. The fourth-order valence-corrected chi connectivity index (χ4v) is 9.40. The van der Waals surface area contributed by atoms with E-state index in [0.29, 0.717) is 0 Å². The first kappa shape index (κ1) is 30.3. The highest BCUT2D eigenvalue weighted by molar-refractivity contribution is 6.35. The van der Waals surface area contributed by atoms with Crippen LogP contribution in [-0.2, 0) is 0 Å². The summed E-state index contributed by atoms with van der Waals surface area (Å²) < 4.78 is 7.15. The van der Waals surface area contributed by atoms with Crippen molar-refractivity contribution < 1.29 is 4.42 Å². The molecule has 55 heavy (non-hydrogen) atoms. The van der Waals surface area contributed by atoms with Crippen LogP contribution in [0.15, 0.2) is 199 Å². The molecule has 254 valence electrons. The molecule has 1 nitrogen and oxygen atoms in total. The highest BCUT2D eigenvalue weighted by atomic mass is 16.3. The van der Waals surface area contributed by atoms with Crippen LogP contribution in [0.2, 0.25) is 0 Å². The van der Waals surface area contributed by atoms with E-state index in [1.165, 1.54) is 92.3 Å². The van der Waals surface area contributed by atoms with Crippen molar-refractivity contribution in [1.29, 1.82) is 0 Å². The zero-order valence-corrected chi connectivity index (χ0v) is 29.9. The molecule has 0 aliphatic heterocycles. The smallest absolute Gasteiger partial charge is 0.143 e. The van der Waals surface area contributed by atoms with Gasteiger partial charge >= 0.3 is 0 Å². The molecule has 0 aliphatic rings. The van der Waals surface area contributed by atoms with Crippen LogP contribution in [0, 0.1) is 0 Å². The van der Waals surface area contributed by atoms with E-state index in [1.54, 1.807) is 0 Å². The van der Waals surface area contributed by atoms with Crippen molar-refractivity contribution in [3.05, 3.63) is 194 Å². The van der Waals surface area contributed by atoms with Gasteiger partial charge in [0.25, 0.3) is 0 Å². The van der Waals surface area contributed by atoms with Gasteiger partial charge in [0.05, 0.1) is 0 Å². The molecule has 12 rings (SSSR count). The summed E-state index contributed by atoms with van der Waals surface area (Å²) >= 11 is 0. The van der Waals surface area contributed by atoms with Gasteiger partial charge in [-0.3, -0.25) is 0 Å². The third-order valence-electron chi connectivity index (χ3n) is 11.8. The molecule has 11 aromatic carbocycles. The first-order valence-electron chi connectivity index (χ1n) is 19.0. The Balaban J connectivity index is 1.15. The van der Waals surface area contributed by atoms with E-state index in [0.717, 1.165) is 27.7 Å². The Morgan fingerprint density at radius 2 is 0.727 bits per heavy atom. The maximum Gasteiger partial charge on any atom is 0.143 e. The molecule has 0 unspecified atom stereocenters. The minimum atomic E-state index is 0.925. The van der Waals surface area contributed by atoms with Gasteiger partial charge in [-0.15, -0.1) is 0 Å². The van der Waals surface area contributed by atoms with Gasteiger partial charge in [0.1, 0.15) is 11.2 Å². The fraction of sp³-hybridized carbons (Fsp3) is 0. The zero-order chi connectivity index (χ0) is 36.0. The van der Waals surface area contributed by atoms with Gasteiger partial charge in [-0.05, 0) is 105 Å². The summed E-state index contributed by atoms with van der Waals surface area (Å²) in [5.41, 5.74) is 9.03. The molecular formula is C54H32O. The minimum absolute atomic E-state index is 0.925. The Morgan fingerprint density at radius 1 is 0.255 bits per heavy atom. The molecular weight excluding hydrogens is 665 g/mol. The first-order valence-corrected chi connectivity index (χ1v) is 19.0. The van der Waals surface area contributed by atoms with Crippen molar-refractivity contribution in [3.63, 3.8) is 0 Å². The highest BCUT2D eigenvalue weighted by Gasteiger charge is 2.22. The van der Waals surface area contributed by atoms with Gasteiger partial charge in [0.2, 0.25) is 0 Å². The quantitative estimate of drug-likeness (QED) is 0.132. The van der Waals surface area contributed by atoms with Crippen molar-refractivity contribution >= 4 is 86.6 Å². The molecule has 0 N–H and O–H groups in total. The molecule has 1 heterocycles. The largest absolute Gasteiger partial charge is 0.455 e. The van der Waals surface area contributed by atoms with E-state index in [9.17, 15) is 0 Å². The number of hydrogen-bond acceptors (Lipinski definition) is 1. The molecule has 0 amide bonds. The zero-order valence-electron chi connectivity index (χ0n) is 29.9. The first-order chi connectivity index (χ1) is 27.3. The van der Waals surface area contributed by atoms with Crippen LogP contribution in [0.5, 0.6) is 0 Å². The van der Waals surface area contributed by atoms with Crippen molar-refractivity contribution in [2.24, 2.45) is 0 Å². The molecule has 0 spiro atoms. The molecule has 0 fully saturated rings. The maximum atomic E-state index is 7.15. The van der Waals surface area contributed by atoms with Crippen LogP contribution in [0.1, 0.15) is 0 Å². The summed E-state index contributed by atoms with van der Waals surface area (Å²) in [4.78, 5) is 0. The van der Waals surface area contributed by atoms with Crippen LogP contribution < -0.4 is 0 Å². The van der Waals surface area contributed by atoms with Gasteiger partial charge in [-0.25, -0.2) is 0 Å². The van der Waals surface area contributed by atoms with E-state index in [2.05, 4.69) is 194 Å². The van der Waals surface area contributed by atoms with E-state index in [4.69, 9.17) is 4.42 Å². The van der Waals surface area contributed by atoms with Crippen molar-refractivity contribution in [1.82, 2.24) is 0 Å². The van der Waals surface area contributed by atoms with Crippen LogP contribution in [-0.4, -0.2) is 0 Å². The maximum absolute atomic E-state index is 7.15. The molecule has 0 aliphatic carbocycles.